The molecule has 0 unspecified atom stereocenters. The van der Waals surface area contributed by atoms with Crippen molar-refractivity contribution in [1.29, 1.82) is 5.41 Å². The van der Waals surface area contributed by atoms with Crippen LogP contribution in [0.2, 0.25) is 0 Å². The fourth-order valence-electron chi connectivity index (χ4n) is 4.57. The van der Waals surface area contributed by atoms with Gasteiger partial charge >= 0.3 is 0 Å². The van der Waals surface area contributed by atoms with Gasteiger partial charge in [-0.25, -0.2) is 4.39 Å². The number of ether oxygens (including phenoxy) is 2. The van der Waals surface area contributed by atoms with E-state index in [-0.39, 0.29) is 83.4 Å². The molecule has 0 aromatic heterocycles. The van der Waals surface area contributed by atoms with Crippen LogP contribution in [0.4, 0.5) is 10.1 Å². The highest BCUT2D eigenvalue weighted by Gasteiger charge is 2.35. The number of carbonyl (C=O) groups is 3. The number of hydrogen-bond donors (Lipinski definition) is 1. The topological polar surface area (TPSA) is 100 Å². The van der Waals surface area contributed by atoms with Gasteiger partial charge in [0.2, 0.25) is 11.8 Å². The maximum atomic E-state index is 15.0. The molecular weight excluding hydrogens is 533 g/mol. The Hall–Kier alpha value is -3.27. The summed E-state index contributed by atoms with van der Waals surface area (Å²) < 4.78 is 25.3. The lowest BCUT2D eigenvalue weighted by Crippen LogP contribution is -2.32. The van der Waals surface area contributed by atoms with E-state index in [1.807, 2.05) is 20.8 Å². The zero-order chi connectivity index (χ0) is 25.7. The minimum atomic E-state index is -0.693. The van der Waals surface area contributed by atoms with Crippen LogP contribution in [0, 0.1) is 11.2 Å². The van der Waals surface area contributed by atoms with Crippen molar-refractivity contribution in [3.05, 3.63) is 52.3 Å². The molecule has 2 heterocycles. The highest BCUT2D eigenvalue weighted by molar-refractivity contribution is 8.93. The van der Waals surface area contributed by atoms with E-state index in [1.54, 1.807) is 24.3 Å². The van der Waals surface area contributed by atoms with Crippen LogP contribution in [-0.4, -0.2) is 49.1 Å². The molecule has 192 valence electrons. The van der Waals surface area contributed by atoms with Gasteiger partial charge in [0.15, 0.2) is 23.1 Å². The highest BCUT2D eigenvalue weighted by Crippen LogP contribution is 2.39. The first-order valence-corrected chi connectivity index (χ1v) is 11.3. The zero-order valence-corrected chi connectivity index (χ0v) is 22.6. The third kappa shape index (κ3) is 4.61. The van der Waals surface area contributed by atoms with Crippen molar-refractivity contribution in [1.82, 2.24) is 4.90 Å². The largest absolute Gasteiger partial charge is 0.493 e. The second-order valence-electron chi connectivity index (χ2n) is 9.69. The molecule has 8 nitrogen and oxygen atoms in total. The monoisotopic (exact) mass is 561 g/mol. The maximum Gasteiger partial charge on any atom is 0.234 e. The first-order valence-electron chi connectivity index (χ1n) is 11.3. The number of benzene rings is 2. The summed E-state index contributed by atoms with van der Waals surface area (Å²) in [4.78, 5) is 40.6. The number of halogens is 2. The fraction of sp³-hybridized carbons (Fsp3) is 0.385. The van der Waals surface area contributed by atoms with Crippen LogP contribution in [0.5, 0.6) is 11.5 Å². The Morgan fingerprint density at radius 1 is 1.08 bits per heavy atom. The van der Waals surface area contributed by atoms with Gasteiger partial charge in [0, 0.05) is 24.9 Å². The van der Waals surface area contributed by atoms with E-state index >= 15 is 4.39 Å². The minimum Gasteiger partial charge on any atom is -0.493 e. The average molecular weight is 562 g/mol. The van der Waals surface area contributed by atoms with Crippen molar-refractivity contribution < 1.29 is 28.2 Å². The van der Waals surface area contributed by atoms with E-state index in [1.165, 1.54) is 24.0 Å². The molecule has 0 bridgehead atoms. The molecule has 10 heteroatoms. The molecule has 2 aromatic carbocycles. The lowest BCUT2D eigenvalue weighted by molar-refractivity contribution is -0.121. The Balaban J connectivity index is 0.00000361. The average Bonchev–Trinajstić information content (AvgIpc) is 3.30. The number of Topliss-reactive ketones (excluding diaryl/α,β-unsaturated/α-hetero) is 1. The smallest absolute Gasteiger partial charge is 0.234 e. The van der Waals surface area contributed by atoms with Crippen molar-refractivity contribution in [2.45, 2.75) is 45.6 Å². The van der Waals surface area contributed by atoms with Gasteiger partial charge in [0.1, 0.15) is 5.84 Å². The number of amides is 2. The van der Waals surface area contributed by atoms with Gasteiger partial charge in [-0.05, 0) is 40.8 Å². The third-order valence-electron chi connectivity index (χ3n) is 6.36. The number of ketones is 1. The van der Waals surface area contributed by atoms with Crippen molar-refractivity contribution in [2.24, 2.45) is 0 Å². The summed E-state index contributed by atoms with van der Waals surface area (Å²) in [5.41, 5.74) is 1.76. The minimum absolute atomic E-state index is 0. The highest BCUT2D eigenvalue weighted by atomic mass is 79.9. The summed E-state index contributed by atoms with van der Waals surface area (Å²) >= 11 is 0. The summed E-state index contributed by atoms with van der Waals surface area (Å²) in [6.45, 7) is 5.88. The van der Waals surface area contributed by atoms with Crippen molar-refractivity contribution in [3.63, 3.8) is 0 Å². The van der Waals surface area contributed by atoms with Crippen molar-refractivity contribution in [2.75, 3.05) is 25.7 Å². The number of nitrogens with one attached hydrogen (secondary N) is 1. The summed E-state index contributed by atoms with van der Waals surface area (Å²) in [6.07, 6.45) is 0.347. The number of anilines is 1. The number of amidine groups is 1. The molecule has 1 fully saturated rings. The van der Waals surface area contributed by atoms with Crippen molar-refractivity contribution >= 4 is 46.1 Å². The number of carbonyl (C=O) groups excluding carboxylic acids is 3. The van der Waals surface area contributed by atoms with E-state index in [9.17, 15) is 14.4 Å². The molecular formula is C26H29BrFN3O5. The van der Waals surface area contributed by atoms with Crippen LogP contribution in [0.1, 0.15) is 60.7 Å². The van der Waals surface area contributed by atoms with Crippen LogP contribution in [0.15, 0.2) is 24.3 Å². The lowest BCUT2D eigenvalue weighted by atomic mass is 9.84. The fourth-order valence-corrected chi connectivity index (χ4v) is 4.57. The Kier molecular flexibility index (Phi) is 7.59. The lowest BCUT2D eigenvalue weighted by Gasteiger charge is -2.27. The number of rotatable bonds is 6. The predicted molar refractivity (Wildman–Crippen MR) is 138 cm³/mol. The molecule has 0 spiro atoms. The van der Waals surface area contributed by atoms with Gasteiger partial charge in [0.05, 0.1) is 32.0 Å². The zero-order valence-electron chi connectivity index (χ0n) is 20.9. The van der Waals surface area contributed by atoms with E-state index in [0.29, 0.717) is 22.4 Å². The van der Waals surface area contributed by atoms with E-state index in [4.69, 9.17) is 14.9 Å². The summed E-state index contributed by atoms with van der Waals surface area (Å²) in [7, 11) is 2.73. The molecule has 0 atom stereocenters. The third-order valence-corrected chi connectivity index (χ3v) is 6.36. The van der Waals surface area contributed by atoms with Gasteiger partial charge in [-0.2, -0.15) is 0 Å². The van der Waals surface area contributed by atoms with Crippen LogP contribution < -0.4 is 14.4 Å². The summed E-state index contributed by atoms with van der Waals surface area (Å²) in [5, 5.41) is 8.47. The molecule has 4 rings (SSSR count). The van der Waals surface area contributed by atoms with E-state index in [2.05, 4.69) is 0 Å². The maximum absolute atomic E-state index is 15.0. The Morgan fingerprint density at radius 2 is 1.72 bits per heavy atom. The Labute approximate surface area is 219 Å². The molecule has 2 aliphatic rings. The predicted octanol–water partition coefficient (Wildman–Crippen LogP) is 4.40. The molecule has 0 radical (unpaired) electrons. The molecule has 2 aromatic rings. The second-order valence-corrected chi connectivity index (χ2v) is 9.69. The number of hydrogen-bond acceptors (Lipinski definition) is 6. The van der Waals surface area contributed by atoms with Crippen LogP contribution in [0.25, 0.3) is 0 Å². The number of imide groups is 1. The van der Waals surface area contributed by atoms with E-state index < -0.39 is 11.2 Å². The number of nitrogens with zero attached hydrogens (tertiary/aromatic N) is 2. The quantitative estimate of drug-likeness (QED) is 0.414. The van der Waals surface area contributed by atoms with Gasteiger partial charge in [0.25, 0.3) is 0 Å². The van der Waals surface area contributed by atoms with Crippen LogP contribution >= 0.6 is 17.0 Å². The van der Waals surface area contributed by atoms with Crippen LogP contribution in [0.3, 0.4) is 0 Å². The van der Waals surface area contributed by atoms with Gasteiger partial charge in [-0.15, -0.1) is 17.0 Å². The molecule has 2 amide bonds. The number of methoxy groups -OCH3 is 2. The first-order chi connectivity index (χ1) is 16.5. The van der Waals surface area contributed by atoms with Gasteiger partial charge in [-0.3, -0.25) is 24.7 Å². The molecule has 36 heavy (non-hydrogen) atoms. The Bertz CT molecular complexity index is 1260. The van der Waals surface area contributed by atoms with Gasteiger partial charge < -0.3 is 14.4 Å². The first kappa shape index (κ1) is 27.3. The van der Waals surface area contributed by atoms with Crippen molar-refractivity contribution in [3.8, 4) is 11.5 Å². The molecule has 0 aliphatic carbocycles. The molecule has 1 N–H and O–H groups in total. The standard InChI is InChI=1S/C26H28FN3O5.BrH/c1-26(2,3)16-10-14(6-7-17(16)30-20(32)8-9-21(30)33)18(31)13-29-12-15-11-19(34-4)24(35-5)23(27)22(15)25(29)28;/h6-7,10-11,28H,8-9,12-13H2,1-5H3;1H. The summed E-state index contributed by atoms with van der Waals surface area (Å²) in [6, 6.07) is 6.54. The Morgan fingerprint density at radius 3 is 2.28 bits per heavy atom. The van der Waals surface area contributed by atoms with Gasteiger partial charge in [-0.1, -0.05) is 20.8 Å². The normalized spacial score (nSPS) is 15.2. The number of fused-ring (bicyclic) bond motifs is 1. The second kappa shape index (κ2) is 10.0. The molecule has 1 saturated heterocycles. The van der Waals surface area contributed by atoms with Crippen LogP contribution in [-0.2, 0) is 21.5 Å². The molecule has 0 saturated carbocycles. The SMILES string of the molecule is Br.COc1cc2c(c(F)c1OC)C(=N)N(CC(=O)c1ccc(N3C(=O)CCC3=O)c(C(C)(C)C)c1)C2. The molecule has 2 aliphatic heterocycles. The summed E-state index contributed by atoms with van der Waals surface area (Å²) in [5.74, 6) is -1.43. The van der Waals surface area contributed by atoms with E-state index in [0.717, 1.165) is 0 Å².